The van der Waals surface area contributed by atoms with E-state index in [1.165, 1.54) is 16.4 Å². The number of piperazine rings is 1. The summed E-state index contributed by atoms with van der Waals surface area (Å²) in [5, 5.41) is 6.19. The largest absolute Gasteiger partial charge is 0.340 e. The topological polar surface area (TPSA) is 98.8 Å². The monoisotopic (exact) mass is 462 g/mol. The van der Waals surface area contributed by atoms with Gasteiger partial charge in [-0.2, -0.15) is 4.31 Å². The maximum Gasteiger partial charge on any atom is 0.247 e. The van der Waals surface area contributed by atoms with Gasteiger partial charge in [-0.3, -0.25) is 9.59 Å². The van der Waals surface area contributed by atoms with E-state index in [2.05, 4.69) is 44.9 Å². The minimum atomic E-state index is -3.67. The van der Waals surface area contributed by atoms with Crippen molar-refractivity contribution in [2.45, 2.75) is 56.5 Å². The molecule has 0 spiro atoms. The van der Waals surface area contributed by atoms with E-state index in [1.54, 1.807) is 12.1 Å². The molecule has 0 bridgehead atoms. The molecule has 176 valence electrons. The van der Waals surface area contributed by atoms with Crippen LogP contribution in [0.3, 0.4) is 0 Å². The highest BCUT2D eigenvalue weighted by molar-refractivity contribution is 7.89. The van der Waals surface area contributed by atoms with Crippen LogP contribution in [0.4, 0.5) is 5.69 Å². The van der Waals surface area contributed by atoms with Gasteiger partial charge in [-0.1, -0.05) is 6.58 Å². The SMILES string of the molecule is C=CC(=O)Nc1ccc(S(=O)(=O)N2CCN(C(=O)C3CC(C)(C)NC(C)(C)C3)CC2)cc1. The fraction of sp³-hybridized carbons (Fsp3) is 0.565. The van der Waals surface area contributed by atoms with Crippen LogP contribution < -0.4 is 10.6 Å². The molecule has 8 nitrogen and oxygen atoms in total. The van der Waals surface area contributed by atoms with Gasteiger partial charge < -0.3 is 15.5 Å². The second-order valence-electron chi connectivity index (χ2n) is 9.95. The summed E-state index contributed by atoms with van der Waals surface area (Å²) in [7, 11) is -3.67. The number of benzene rings is 1. The Morgan fingerprint density at radius 3 is 2.06 bits per heavy atom. The number of hydrogen-bond acceptors (Lipinski definition) is 5. The first-order valence-corrected chi connectivity index (χ1v) is 12.4. The number of nitrogens with one attached hydrogen (secondary N) is 2. The third-order valence-electron chi connectivity index (χ3n) is 6.03. The van der Waals surface area contributed by atoms with E-state index in [0.29, 0.717) is 18.8 Å². The summed E-state index contributed by atoms with van der Waals surface area (Å²) in [5.74, 6) is -0.309. The lowest BCUT2D eigenvalue weighted by Gasteiger charge is -2.47. The van der Waals surface area contributed by atoms with Crippen molar-refractivity contribution >= 4 is 27.5 Å². The van der Waals surface area contributed by atoms with Crippen LogP contribution in [-0.4, -0.2) is 66.7 Å². The maximum absolute atomic E-state index is 13.2. The molecule has 3 rings (SSSR count). The van der Waals surface area contributed by atoms with Crippen LogP contribution in [0.2, 0.25) is 0 Å². The molecule has 32 heavy (non-hydrogen) atoms. The van der Waals surface area contributed by atoms with Gasteiger partial charge in [0.25, 0.3) is 0 Å². The fourth-order valence-corrected chi connectivity index (χ4v) is 6.38. The van der Waals surface area contributed by atoms with Crippen molar-refractivity contribution in [2.24, 2.45) is 5.92 Å². The smallest absolute Gasteiger partial charge is 0.247 e. The highest BCUT2D eigenvalue weighted by atomic mass is 32.2. The molecule has 0 unspecified atom stereocenters. The predicted octanol–water partition coefficient (Wildman–Crippen LogP) is 2.20. The highest BCUT2D eigenvalue weighted by Gasteiger charge is 2.42. The Kier molecular flexibility index (Phi) is 6.83. The van der Waals surface area contributed by atoms with E-state index in [0.717, 1.165) is 18.9 Å². The molecule has 2 heterocycles. The lowest BCUT2D eigenvalue weighted by atomic mass is 9.75. The lowest BCUT2D eigenvalue weighted by Crippen LogP contribution is -2.61. The van der Waals surface area contributed by atoms with Crippen molar-refractivity contribution in [1.29, 1.82) is 0 Å². The van der Waals surface area contributed by atoms with Gasteiger partial charge >= 0.3 is 0 Å². The molecule has 0 aliphatic carbocycles. The third kappa shape index (κ3) is 5.57. The molecular weight excluding hydrogens is 428 g/mol. The first-order valence-electron chi connectivity index (χ1n) is 10.9. The standard InChI is InChI=1S/C23H34N4O4S/c1-6-20(28)24-18-7-9-19(10-8-18)32(30,31)27-13-11-26(12-14-27)21(29)17-15-22(2,3)25-23(4,5)16-17/h6-10,17,25H,1,11-16H2,2-5H3,(H,24,28). The quantitative estimate of drug-likeness (QED) is 0.654. The van der Waals surface area contributed by atoms with Crippen LogP contribution in [0, 0.1) is 5.92 Å². The van der Waals surface area contributed by atoms with Gasteiger partial charge in [0.2, 0.25) is 21.8 Å². The van der Waals surface area contributed by atoms with Gasteiger partial charge in [-0.15, -0.1) is 0 Å². The van der Waals surface area contributed by atoms with E-state index >= 15 is 0 Å². The number of anilines is 1. The number of sulfonamides is 1. The summed E-state index contributed by atoms with van der Waals surface area (Å²) < 4.78 is 27.5. The lowest BCUT2D eigenvalue weighted by molar-refractivity contribution is -0.139. The summed E-state index contributed by atoms with van der Waals surface area (Å²) in [4.78, 5) is 26.6. The van der Waals surface area contributed by atoms with E-state index in [-0.39, 0.29) is 46.8 Å². The minimum absolute atomic E-state index is 0.0669. The molecule has 2 aliphatic heterocycles. The van der Waals surface area contributed by atoms with Crippen molar-refractivity contribution in [3.63, 3.8) is 0 Å². The second kappa shape index (κ2) is 8.96. The summed E-state index contributed by atoms with van der Waals surface area (Å²) in [6.45, 7) is 13.2. The number of carbonyl (C=O) groups excluding carboxylic acids is 2. The number of hydrogen-bond donors (Lipinski definition) is 2. The molecule has 0 saturated carbocycles. The van der Waals surface area contributed by atoms with E-state index in [4.69, 9.17) is 0 Å². The molecule has 2 aliphatic rings. The van der Waals surface area contributed by atoms with Gasteiger partial charge in [0.05, 0.1) is 4.90 Å². The van der Waals surface area contributed by atoms with Crippen LogP contribution >= 0.6 is 0 Å². The predicted molar refractivity (Wildman–Crippen MR) is 125 cm³/mol. The van der Waals surface area contributed by atoms with Crippen LogP contribution in [-0.2, 0) is 19.6 Å². The zero-order valence-corrected chi connectivity index (χ0v) is 20.2. The third-order valence-corrected chi connectivity index (χ3v) is 7.95. The van der Waals surface area contributed by atoms with Crippen LogP contribution in [0.1, 0.15) is 40.5 Å². The van der Waals surface area contributed by atoms with Gasteiger partial charge in [-0.25, -0.2) is 8.42 Å². The Balaban J connectivity index is 1.62. The Morgan fingerprint density at radius 1 is 1.03 bits per heavy atom. The van der Waals surface area contributed by atoms with E-state index in [1.807, 2.05) is 4.90 Å². The van der Waals surface area contributed by atoms with Gasteiger partial charge in [0.15, 0.2) is 0 Å². The molecular formula is C23H34N4O4S. The van der Waals surface area contributed by atoms with Crippen molar-refractivity contribution in [3.8, 4) is 0 Å². The fourth-order valence-electron chi connectivity index (χ4n) is 4.96. The number of nitrogens with zero attached hydrogens (tertiary/aromatic N) is 2. The van der Waals surface area contributed by atoms with Crippen molar-refractivity contribution in [1.82, 2.24) is 14.5 Å². The zero-order chi connectivity index (χ0) is 23.7. The van der Waals surface area contributed by atoms with E-state index < -0.39 is 10.0 Å². The molecule has 0 aromatic heterocycles. The Morgan fingerprint density at radius 2 is 1.56 bits per heavy atom. The molecule has 2 saturated heterocycles. The van der Waals surface area contributed by atoms with Crippen LogP contribution in [0.25, 0.3) is 0 Å². The first kappa shape index (κ1) is 24.4. The molecule has 0 radical (unpaired) electrons. The minimum Gasteiger partial charge on any atom is -0.340 e. The number of rotatable bonds is 5. The average Bonchev–Trinajstić information content (AvgIpc) is 2.71. The number of amides is 2. The molecule has 0 atom stereocenters. The van der Waals surface area contributed by atoms with Crippen LogP contribution in [0.15, 0.2) is 41.8 Å². The Labute approximate surface area is 191 Å². The van der Waals surface area contributed by atoms with Crippen molar-refractivity contribution < 1.29 is 18.0 Å². The number of carbonyl (C=O) groups is 2. The normalized spacial score (nSPS) is 21.7. The van der Waals surface area contributed by atoms with Gasteiger partial charge in [-0.05, 0) is 70.9 Å². The van der Waals surface area contributed by atoms with E-state index in [9.17, 15) is 18.0 Å². The van der Waals surface area contributed by atoms with Crippen molar-refractivity contribution in [2.75, 3.05) is 31.5 Å². The van der Waals surface area contributed by atoms with Crippen LogP contribution in [0.5, 0.6) is 0 Å². The molecule has 1 aromatic rings. The zero-order valence-electron chi connectivity index (χ0n) is 19.3. The molecule has 9 heteroatoms. The highest BCUT2D eigenvalue weighted by Crippen LogP contribution is 2.34. The summed E-state index contributed by atoms with van der Waals surface area (Å²) in [6, 6.07) is 6.05. The van der Waals surface area contributed by atoms with Crippen molar-refractivity contribution in [3.05, 3.63) is 36.9 Å². The molecule has 2 fully saturated rings. The summed E-state index contributed by atoms with van der Waals surface area (Å²) in [6.07, 6.45) is 2.68. The Bertz CT molecular complexity index is 962. The molecule has 1 aromatic carbocycles. The summed E-state index contributed by atoms with van der Waals surface area (Å²) in [5.41, 5.74) is 0.256. The molecule has 2 amide bonds. The summed E-state index contributed by atoms with van der Waals surface area (Å²) >= 11 is 0. The second-order valence-corrected chi connectivity index (χ2v) is 11.9. The van der Waals surface area contributed by atoms with Gasteiger partial charge in [0.1, 0.15) is 0 Å². The average molecular weight is 463 g/mol. The maximum atomic E-state index is 13.2. The first-order chi connectivity index (χ1) is 14.8. The molecule has 2 N–H and O–H groups in total. The Hall–Kier alpha value is -2.23. The number of piperidine rings is 1. The van der Waals surface area contributed by atoms with Gasteiger partial charge in [0, 0.05) is 48.9 Å².